The van der Waals surface area contributed by atoms with Crippen molar-refractivity contribution in [2.24, 2.45) is 5.92 Å². The molecule has 3 heteroatoms. The Morgan fingerprint density at radius 2 is 1.79 bits per heavy atom. The van der Waals surface area contributed by atoms with E-state index in [0.717, 1.165) is 18.5 Å². The lowest BCUT2D eigenvalue weighted by Crippen LogP contribution is -2.42. The van der Waals surface area contributed by atoms with Crippen LogP contribution in [-0.2, 0) is 0 Å². The Balaban J connectivity index is 1.62. The van der Waals surface area contributed by atoms with Crippen LogP contribution in [-0.4, -0.2) is 61.2 Å². The summed E-state index contributed by atoms with van der Waals surface area (Å²) < 4.78 is 0. The van der Waals surface area contributed by atoms with Crippen LogP contribution in [0.2, 0.25) is 0 Å². The van der Waals surface area contributed by atoms with Crippen molar-refractivity contribution >= 4 is 0 Å². The van der Waals surface area contributed by atoms with E-state index in [1.807, 2.05) is 0 Å². The molecule has 3 nitrogen and oxygen atoms in total. The lowest BCUT2D eigenvalue weighted by molar-refractivity contribution is 0.162. The molecule has 19 heavy (non-hydrogen) atoms. The summed E-state index contributed by atoms with van der Waals surface area (Å²) in [4.78, 5) is 5.40. The number of hydrogen-bond acceptors (Lipinski definition) is 3. The molecular formula is C16H33N3. The summed E-state index contributed by atoms with van der Waals surface area (Å²) in [5.41, 5.74) is 0. The van der Waals surface area contributed by atoms with Crippen LogP contribution >= 0.6 is 0 Å². The van der Waals surface area contributed by atoms with Crippen molar-refractivity contribution < 1.29 is 0 Å². The number of hydrogen-bond donors (Lipinski definition) is 1. The molecule has 0 aliphatic carbocycles. The van der Waals surface area contributed by atoms with Crippen molar-refractivity contribution in [1.29, 1.82) is 0 Å². The molecule has 2 atom stereocenters. The number of rotatable bonds is 6. The van der Waals surface area contributed by atoms with Crippen molar-refractivity contribution in [3.8, 4) is 0 Å². The minimum Gasteiger partial charge on any atom is -0.313 e. The molecule has 2 aliphatic rings. The molecule has 0 radical (unpaired) electrons. The van der Waals surface area contributed by atoms with Gasteiger partial charge in [-0.3, -0.25) is 4.90 Å². The van der Waals surface area contributed by atoms with E-state index < -0.39 is 0 Å². The molecular weight excluding hydrogens is 234 g/mol. The highest BCUT2D eigenvalue weighted by Crippen LogP contribution is 2.19. The molecule has 0 saturated carbocycles. The maximum Gasteiger partial charge on any atom is 0.0235 e. The quantitative estimate of drug-likeness (QED) is 0.796. The number of piperidine rings is 1. The van der Waals surface area contributed by atoms with Gasteiger partial charge >= 0.3 is 0 Å². The predicted octanol–water partition coefficient (Wildman–Crippen LogP) is 2.18. The van der Waals surface area contributed by atoms with E-state index in [-0.39, 0.29) is 0 Å². The summed E-state index contributed by atoms with van der Waals surface area (Å²) >= 11 is 0. The Hall–Kier alpha value is -0.120. The predicted molar refractivity (Wildman–Crippen MR) is 82.6 cm³/mol. The second kappa shape index (κ2) is 7.61. The molecule has 0 aromatic carbocycles. The maximum atomic E-state index is 3.65. The topological polar surface area (TPSA) is 18.5 Å². The van der Waals surface area contributed by atoms with Crippen molar-refractivity contribution in [3.63, 3.8) is 0 Å². The lowest BCUT2D eigenvalue weighted by atomic mass is 10.1. The third-order valence-corrected chi connectivity index (χ3v) is 5.05. The first-order chi connectivity index (χ1) is 9.16. The summed E-state index contributed by atoms with van der Waals surface area (Å²) in [5.74, 6) is 0.736. The fourth-order valence-corrected chi connectivity index (χ4v) is 3.28. The second-order valence-electron chi connectivity index (χ2n) is 6.83. The van der Waals surface area contributed by atoms with Gasteiger partial charge in [-0.15, -0.1) is 0 Å². The summed E-state index contributed by atoms with van der Waals surface area (Å²) in [6.45, 7) is 14.6. The average Bonchev–Trinajstić information content (AvgIpc) is 2.88. The highest BCUT2D eigenvalue weighted by Gasteiger charge is 2.27. The lowest BCUT2D eigenvalue weighted by Gasteiger charge is -2.32. The van der Waals surface area contributed by atoms with E-state index >= 15 is 0 Å². The van der Waals surface area contributed by atoms with E-state index in [4.69, 9.17) is 0 Å². The Bertz CT molecular complexity index is 248. The zero-order valence-electron chi connectivity index (χ0n) is 13.2. The normalized spacial score (nSPS) is 28.1. The highest BCUT2D eigenvalue weighted by molar-refractivity contribution is 4.85. The molecule has 2 heterocycles. The van der Waals surface area contributed by atoms with E-state index in [9.17, 15) is 0 Å². The Morgan fingerprint density at radius 1 is 1.05 bits per heavy atom. The van der Waals surface area contributed by atoms with Crippen LogP contribution in [0.1, 0.15) is 46.5 Å². The minimum absolute atomic E-state index is 0.639. The minimum atomic E-state index is 0.639. The molecule has 0 aromatic heterocycles. The molecule has 2 fully saturated rings. The van der Waals surface area contributed by atoms with E-state index in [2.05, 4.69) is 35.9 Å². The van der Waals surface area contributed by atoms with Gasteiger partial charge in [-0.25, -0.2) is 0 Å². The molecule has 1 N–H and O–H groups in total. The van der Waals surface area contributed by atoms with E-state index in [1.165, 1.54) is 58.4 Å². The van der Waals surface area contributed by atoms with Crippen LogP contribution in [0, 0.1) is 5.92 Å². The van der Waals surface area contributed by atoms with Crippen LogP contribution in [0.15, 0.2) is 0 Å². The number of nitrogens with one attached hydrogen (secondary N) is 1. The summed E-state index contributed by atoms with van der Waals surface area (Å²) in [6, 6.07) is 1.49. The largest absolute Gasteiger partial charge is 0.313 e. The summed E-state index contributed by atoms with van der Waals surface area (Å²) in [6.07, 6.45) is 5.68. The Kier molecular flexibility index (Phi) is 6.11. The Morgan fingerprint density at radius 3 is 2.47 bits per heavy atom. The molecule has 0 bridgehead atoms. The Labute approximate surface area is 119 Å². The molecule has 2 unspecified atom stereocenters. The first-order valence-corrected chi connectivity index (χ1v) is 8.36. The monoisotopic (exact) mass is 267 g/mol. The molecule has 2 saturated heterocycles. The molecule has 2 aliphatic heterocycles. The van der Waals surface area contributed by atoms with Crippen LogP contribution < -0.4 is 5.32 Å². The summed E-state index contributed by atoms with van der Waals surface area (Å²) in [5, 5.41) is 3.65. The molecule has 0 spiro atoms. The van der Waals surface area contributed by atoms with Gasteiger partial charge in [-0.05, 0) is 51.7 Å². The van der Waals surface area contributed by atoms with Crippen molar-refractivity contribution in [1.82, 2.24) is 15.1 Å². The van der Waals surface area contributed by atoms with Gasteiger partial charge in [0.15, 0.2) is 0 Å². The first kappa shape index (κ1) is 15.3. The van der Waals surface area contributed by atoms with Crippen LogP contribution in [0.4, 0.5) is 0 Å². The zero-order chi connectivity index (χ0) is 13.7. The van der Waals surface area contributed by atoms with Crippen molar-refractivity contribution in [2.45, 2.75) is 58.5 Å². The maximum absolute atomic E-state index is 3.65. The van der Waals surface area contributed by atoms with Crippen molar-refractivity contribution in [2.75, 3.05) is 39.3 Å². The molecule has 0 amide bonds. The fourth-order valence-electron chi connectivity index (χ4n) is 3.28. The molecule has 2 rings (SSSR count). The van der Waals surface area contributed by atoms with Gasteiger partial charge in [0.25, 0.3) is 0 Å². The third-order valence-electron chi connectivity index (χ3n) is 5.05. The van der Waals surface area contributed by atoms with Crippen LogP contribution in [0.5, 0.6) is 0 Å². The highest BCUT2D eigenvalue weighted by atomic mass is 15.3. The number of nitrogens with zero attached hydrogens (tertiary/aromatic N) is 2. The van der Waals surface area contributed by atoms with Gasteiger partial charge in [-0.2, -0.15) is 0 Å². The van der Waals surface area contributed by atoms with Gasteiger partial charge in [0.05, 0.1) is 0 Å². The zero-order valence-corrected chi connectivity index (χ0v) is 13.2. The first-order valence-electron chi connectivity index (χ1n) is 8.36. The number of likely N-dealkylation sites (tertiary alicyclic amines) is 2. The third kappa shape index (κ3) is 4.73. The molecule has 112 valence electrons. The standard InChI is InChI=1S/C16H33N3/c1-14(2)15(3)17-8-12-18-11-7-16(13-18)19-9-5-4-6-10-19/h14-17H,4-13H2,1-3H3. The van der Waals surface area contributed by atoms with Crippen LogP contribution in [0.25, 0.3) is 0 Å². The van der Waals surface area contributed by atoms with Crippen LogP contribution in [0.3, 0.4) is 0 Å². The van der Waals surface area contributed by atoms with Gasteiger partial charge in [0, 0.05) is 31.7 Å². The molecule has 0 aromatic rings. The smallest absolute Gasteiger partial charge is 0.0235 e. The summed E-state index contributed by atoms with van der Waals surface area (Å²) in [7, 11) is 0. The SMILES string of the molecule is CC(C)C(C)NCCN1CCC(N2CCCCC2)C1. The van der Waals surface area contributed by atoms with Gasteiger partial charge in [-0.1, -0.05) is 20.3 Å². The second-order valence-corrected chi connectivity index (χ2v) is 6.83. The van der Waals surface area contributed by atoms with Gasteiger partial charge in [0.2, 0.25) is 0 Å². The fraction of sp³-hybridized carbons (Fsp3) is 1.00. The van der Waals surface area contributed by atoms with Gasteiger partial charge < -0.3 is 10.2 Å². The van der Waals surface area contributed by atoms with Crippen molar-refractivity contribution in [3.05, 3.63) is 0 Å². The average molecular weight is 267 g/mol. The van der Waals surface area contributed by atoms with E-state index in [1.54, 1.807) is 0 Å². The van der Waals surface area contributed by atoms with E-state index in [0.29, 0.717) is 6.04 Å². The van der Waals surface area contributed by atoms with Gasteiger partial charge in [0.1, 0.15) is 0 Å².